The number of aromatic nitrogens is 2. The van der Waals surface area contributed by atoms with Gasteiger partial charge in [-0.15, -0.1) is 12.4 Å². The summed E-state index contributed by atoms with van der Waals surface area (Å²) in [5.74, 6) is 1.01. The van der Waals surface area contributed by atoms with E-state index < -0.39 is 0 Å². The minimum atomic E-state index is -0.338. The minimum absolute atomic E-state index is 0. The van der Waals surface area contributed by atoms with Gasteiger partial charge < -0.3 is 10.1 Å². The highest BCUT2D eigenvalue weighted by atomic mass is 35.5. The van der Waals surface area contributed by atoms with Crippen molar-refractivity contribution in [1.29, 1.82) is 0 Å². The first-order valence-corrected chi connectivity index (χ1v) is 8.52. The molecule has 0 amide bonds. The van der Waals surface area contributed by atoms with Crippen LogP contribution in [0.2, 0.25) is 0 Å². The lowest BCUT2D eigenvalue weighted by Crippen LogP contribution is -2.05. The summed E-state index contributed by atoms with van der Waals surface area (Å²) in [4.78, 5) is 20.9. The maximum absolute atomic E-state index is 11.9. The average molecular weight is 384 g/mol. The summed E-state index contributed by atoms with van der Waals surface area (Å²) in [5, 5.41) is 3.24. The molecule has 140 valence electrons. The molecule has 27 heavy (non-hydrogen) atoms. The van der Waals surface area contributed by atoms with Crippen LogP contribution in [0.3, 0.4) is 0 Å². The van der Waals surface area contributed by atoms with E-state index in [1.807, 2.05) is 37.3 Å². The second kappa shape index (κ2) is 9.14. The smallest absolute Gasteiger partial charge is 0.338 e. The van der Waals surface area contributed by atoms with Crippen LogP contribution in [0.15, 0.2) is 54.6 Å². The van der Waals surface area contributed by atoms with Gasteiger partial charge in [0.05, 0.1) is 17.9 Å². The number of carbonyl (C=O) groups is 1. The van der Waals surface area contributed by atoms with E-state index in [4.69, 9.17) is 4.74 Å². The summed E-state index contributed by atoms with van der Waals surface area (Å²) in [7, 11) is 0. The molecule has 0 atom stereocenters. The first kappa shape index (κ1) is 20.4. The molecule has 2 aromatic carbocycles. The lowest BCUT2D eigenvalue weighted by molar-refractivity contribution is 0.0526. The zero-order valence-electron chi connectivity index (χ0n) is 15.5. The monoisotopic (exact) mass is 383 g/mol. The van der Waals surface area contributed by atoms with Gasteiger partial charge in [0.2, 0.25) is 0 Å². The third-order valence-corrected chi connectivity index (χ3v) is 3.83. The molecule has 0 unspecified atom stereocenters. The Bertz CT molecular complexity index is 927. The third kappa shape index (κ3) is 5.28. The summed E-state index contributed by atoms with van der Waals surface area (Å²) in [6.45, 7) is 6.05. The van der Waals surface area contributed by atoms with Crippen molar-refractivity contribution in [3.05, 3.63) is 71.5 Å². The van der Waals surface area contributed by atoms with E-state index in [1.54, 1.807) is 19.1 Å². The summed E-state index contributed by atoms with van der Waals surface area (Å²) >= 11 is 0. The van der Waals surface area contributed by atoms with E-state index >= 15 is 0 Å². The van der Waals surface area contributed by atoms with Crippen molar-refractivity contribution in [2.24, 2.45) is 0 Å². The Balaban J connectivity index is 0.00000261. The number of ether oxygens (including phenoxy) is 1. The molecule has 0 aliphatic heterocycles. The van der Waals surface area contributed by atoms with Gasteiger partial charge in [-0.3, -0.25) is 0 Å². The molecular formula is C21H22ClN3O2. The van der Waals surface area contributed by atoms with Crippen LogP contribution >= 0.6 is 12.4 Å². The van der Waals surface area contributed by atoms with Gasteiger partial charge in [0.1, 0.15) is 11.6 Å². The van der Waals surface area contributed by atoms with Crippen LogP contribution in [0, 0.1) is 13.8 Å². The number of halogens is 1. The predicted octanol–water partition coefficient (Wildman–Crippen LogP) is 5.10. The number of nitrogens with one attached hydrogen (secondary N) is 1. The van der Waals surface area contributed by atoms with Gasteiger partial charge in [0.15, 0.2) is 0 Å². The number of esters is 1. The SMILES string of the molecule is CCOC(=O)c1cccc(Nc2cc(-c3ccc(C)cc3)nc(C)n2)c1.Cl. The molecule has 0 fully saturated rings. The maximum atomic E-state index is 11.9. The van der Waals surface area contributed by atoms with Crippen molar-refractivity contribution < 1.29 is 9.53 Å². The van der Waals surface area contributed by atoms with Crippen LogP contribution in [-0.4, -0.2) is 22.5 Å². The largest absolute Gasteiger partial charge is 0.462 e. The van der Waals surface area contributed by atoms with E-state index in [1.165, 1.54) is 5.56 Å². The average Bonchev–Trinajstić information content (AvgIpc) is 2.62. The fourth-order valence-corrected chi connectivity index (χ4v) is 2.59. The molecule has 0 aliphatic rings. The summed E-state index contributed by atoms with van der Waals surface area (Å²) in [6, 6.07) is 17.3. The van der Waals surface area contributed by atoms with Crippen molar-refractivity contribution in [3.8, 4) is 11.3 Å². The highest BCUT2D eigenvalue weighted by Gasteiger charge is 2.09. The number of carbonyl (C=O) groups excluding carboxylic acids is 1. The minimum Gasteiger partial charge on any atom is -0.462 e. The number of nitrogens with zero attached hydrogens (tertiary/aromatic N) is 2. The number of hydrogen-bond acceptors (Lipinski definition) is 5. The van der Waals surface area contributed by atoms with E-state index in [0.717, 1.165) is 16.9 Å². The van der Waals surface area contributed by atoms with Crippen molar-refractivity contribution >= 4 is 29.9 Å². The van der Waals surface area contributed by atoms with Gasteiger partial charge in [0.25, 0.3) is 0 Å². The summed E-state index contributed by atoms with van der Waals surface area (Å²) in [6.07, 6.45) is 0. The Kier molecular flexibility index (Phi) is 6.91. The number of anilines is 2. The van der Waals surface area contributed by atoms with Crippen LogP contribution in [0.5, 0.6) is 0 Å². The van der Waals surface area contributed by atoms with Gasteiger partial charge in [-0.1, -0.05) is 35.9 Å². The fraction of sp³-hybridized carbons (Fsp3) is 0.190. The Morgan fingerprint density at radius 2 is 1.78 bits per heavy atom. The van der Waals surface area contributed by atoms with Gasteiger partial charge in [-0.25, -0.2) is 14.8 Å². The van der Waals surface area contributed by atoms with Gasteiger partial charge in [-0.2, -0.15) is 0 Å². The molecule has 6 heteroatoms. The molecule has 0 spiro atoms. The first-order valence-electron chi connectivity index (χ1n) is 8.52. The number of benzene rings is 2. The molecule has 3 rings (SSSR count). The molecule has 1 aromatic heterocycles. The third-order valence-electron chi connectivity index (χ3n) is 3.83. The van der Waals surface area contributed by atoms with Gasteiger partial charge in [-0.05, 0) is 39.0 Å². The molecular weight excluding hydrogens is 362 g/mol. The summed E-state index contributed by atoms with van der Waals surface area (Å²) < 4.78 is 5.05. The zero-order valence-corrected chi connectivity index (χ0v) is 16.3. The molecule has 3 aromatic rings. The topological polar surface area (TPSA) is 64.1 Å². The predicted molar refractivity (Wildman–Crippen MR) is 110 cm³/mol. The highest BCUT2D eigenvalue weighted by Crippen LogP contribution is 2.23. The second-order valence-corrected chi connectivity index (χ2v) is 5.98. The van der Waals surface area contributed by atoms with Gasteiger partial charge in [0, 0.05) is 17.3 Å². The van der Waals surface area contributed by atoms with Crippen molar-refractivity contribution in [2.45, 2.75) is 20.8 Å². The Morgan fingerprint density at radius 3 is 2.48 bits per heavy atom. The molecule has 1 N–H and O–H groups in total. The first-order chi connectivity index (χ1) is 12.5. The van der Waals surface area contributed by atoms with E-state index in [2.05, 4.69) is 34.3 Å². The van der Waals surface area contributed by atoms with Crippen LogP contribution in [0.4, 0.5) is 11.5 Å². The Labute approximate surface area is 165 Å². The maximum Gasteiger partial charge on any atom is 0.338 e. The number of rotatable bonds is 5. The number of hydrogen-bond donors (Lipinski definition) is 1. The van der Waals surface area contributed by atoms with E-state index in [9.17, 15) is 4.79 Å². The van der Waals surface area contributed by atoms with E-state index in [0.29, 0.717) is 23.8 Å². The molecule has 5 nitrogen and oxygen atoms in total. The Morgan fingerprint density at radius 1 is 1.04 bits per heavy atom. The molecule has 1 heterocycles. The van der Waals surface area contributed by atoms with Crippen LogP contribution in [0.1, 0.15) is 28.7 Å². The van der Waals surface area contributed by atoms with Crippen molar-refractivity contribution in [1.82, 2.24) is 9.97 Å². The quantitative estimate of drug-likeness (QED) is 0.621. The van der Waals surface area contributed by atoms with Gasteiger partial charge >= 0.3 is 5.97 Å². The van der Waals surface area contributed by atoms with Crippen LogP contribution in [0.25, 0.3) is 11.3 Å². The molecule has 0 saturated heterocycles. The zero-order chi connectivity index (χ0) is 18.5. The normalized spacial score (nSPS) is 10.0. The highest BCUT2D eigenvalue weighted by molar-refractivity contribution is 5.90. The molecule has 0 radical (unpaired) electrons. The molecule has 0 bridgehead atoms. The van der Waals surface area contributed by atoms with Crippen LogP contribution < -0.4 is 5.32 Å². The van der Waals surface area contributed by atoms with Crippen LogP contribution in [-0.2, 0) is 4.74 Å². The lowest BCUT2D eigenvalue weighted by atomic mass is 10.1. The standard InChI is InChI=1S/C21H21N3O2.ClH/c1-4-26-21(25)17-6-5-7-18(12-17)24-20-13-19(22-15(3)23-20)16-10-8-14(2)9-11-16;/h5-13H,4H2,1-3H3,(H,22,23,24);1H. The van der Waals surface area contributed by atoms with Crippen molar-refractivity contribution in [3.63, 3.8) is 0 Å². The van der Waals surface area contributed by atoms with E-state index in [-0.39, 0.29) is 18.4 Å². The summed E-state index contributed by atoms with van der Waals surface area (Å²) in [5.41, 5.74) is 4.35. The number of aryl methyl sites for hydroxylation is 2. The lowest BCUT2D eigenvalue weighted by Gasteiger charge is -2.10. The molecule has 0 aliphatic carbocycles. The second-order valence-electron chi connectivity index (χ2n) is 5.98. The molecule has 0 saturated carbocycles. The fourth-order valence-electron chi connectivity index (χ4n) is 2.59. The Hall–Kier alpha value is -2.92. The van der Waals surface area contributed by atoms with Crippen molar-refractivity contribution in [2.75, 3.05) is 11.9 Å².